The van der Waals surface area contributed by atoms with Crippen molar-refractivity contribution in [2.45, 2.75) is 19.4 Å². The monoisotopic (exact) mass is 257 g/mol. The van der Waals surface area contributed by atoms with Gasteiger partial charge in [-0.15, -0.1) is 0 Å². The zero-order chi connectivity index (χ0) is 10.7. The van der Waals surface area contributed by atoms with Crippen LogP contribution in [0.3, 0.4) is 0 Å². The Bertz CT molecular complexity index is 352. The van der Waals surface area contributed by atoms with E-state index >= 15 is 0 Å². The molecular weight excluding hydrogens is 246 g/mol. The van der Waals surface area contributed by atoms with E-state index in [0.29, 0.717) is 0 Å². The fourth-order valence-corrected chi connectivity index (χ4v) is 1.81. The van der Waals surface area contributed by atoms with Gasteiger partial charge in [0.05, 0.1) is 6.42 Å². The lowest BCUT2D eigenvalue weighted by molar-refractivity contribution is -0.137. The topological polar surface area (TPSA) is 63.3 Å². The van der Waals surface area contributed by atoms with Crippen molar-refractivity contribution in [3.05, 3.63) is 33.8 Å². The number of rotatable bonds is 3. The SMILES string of the molecule is Cc1cccc(C(N)CC(=O)O)c1Br. The van der Waals surface area contributed by atoms with Gasteiger partial charge in [0, 0.05) is 10.5 Å². The molecule has 1 aromatic rings. The van der Waals surface area contributed by atoms with Gasteiger partial charge in [0.1, 0.15) is 0 Å². The van der Waals surface area contributed by atoms with E-state index in [9.17, 15) is 4.79 Å². The largest absolute Gasteiger partial charge is 0.481 e. The summed E-state index contributed by atoms with van der Waals surface area (Å²) in [4.78, 5) is 10.5. The fourth-order valence-electron chi connectivity index (χ4n) is 1.25. The normalized spacial score (nSPS) is 12.5. The Balaban J connectivity index is 2.95. The lowest BCUT2D eigenvalue weighted by Crippen LogP contribution is -2.15. The molecule has 0 bridgehead atoms. The molecule has 3 nitrogen and oxygen atoms in total. The summed E-state index contributed by atoms with van der Waals surface area (Å²) in [5, 5.41) is 8.61. The third-order valence-corrected chi connectivity index (χ3v) is 3.10. The number of aliphatic carboxylic acids is 1. The smallest absolute Gasteiger partial charge is 0.305 e. The number of benzene rings is 1. The van der Waals surface area contributed by atoms with Crippen molar-refractivity contribution in [3.63, 3.8) is 0 Å². The molecule has 1 unspecified atom stereocenters. The summed E-state index contributed by atoms with van der Waals surface area (Å²) in [5.41, 5.74) is 7.65. The maximum absolute atomic E-state index is 10.5. The highest BCUT2D eigenvalue weighted by Gasteiger charge is 2.13. The minimum absolute atomic E-state index is 0.0535. The van der Waals surface area contributed by atoms with Gasteiger partial charge in [-0.05, 0) is 18.1 Å². The van der Waals surface area contributed by atoms with E-state index < -0.39 is 12.0 Å². The molecule has 0 aliphatic heterocycles. The van der Waals surface area contributed by atoms with E-state index in [0.717, 1.165) is 15.6 Å². The average Bonchev–Trinajstić information content (AvgIpc) is 2.08. The molecule has 0 fully saturated rings. The summed E-state index contributed by atoms with van der Waals surface area (Å²) in [6, 6.07) is 5.20. The fraction of sp³-hybridized carbons (Fsp3) is 0.300. The molecule has 0 heterocycles. The van der Waals surface area contributed by atoms with Gasteiger partial charge >= 0.3 is 5.97 Å². The van der Waals surface area contributed by atoms with Crippen molar-refractivity contribution in [3.8, 4) is 0 Å². The van der Waals surface area contributed by atoms with E-state index in [-0.39, 0.29) is 6.42 Å². The molecule has 76 valence electrons. The first kappa shape index (κ1) is 11.2. The lowest BCUT2D eigenvalue weighted by Gasteiger charge is -2.12. The third kappa shape index (κ3) is 2.56. The van der Waals surface area contributed by atoms with Gasteiger partial charge < -0.3 is 10.8 Å². The van der Waals surface area contributed by atoms with Crippen molar-refractivity contribution in [1.82, 2.24) is 0 Å². The van der Waals surface area contributed by atoms with Crippen molar-refractivity contribution in [2.24, 2.45) is 5.73 Å². The highest BCUT2D eigenvalue weighted by molar-refractivity contribution is 9.10. The quantitative estimate of drug-likeness (QED) is 0.873. The Morgan fingerprint density at radius 1 is 1.64 bits per heavy atom. The Morgan fingerprint density at radius 2 is 2.29 bits per heavy atom. The number of halogens is 1. The number of carboxylic acids is 1. The first-order chi connectivity index (χ1) is 6.52. The summed E-state index contributed by atoms with van der Waals surface area (Å²) in [6.45, 7) is 1.95. The van der Waals surface area contributed by atoms with Crippen LogP contribution in [0.15, 0.2) is 22.7 Å². The van der Waals surface area contributed by atoms with E-state index in [1.165, 1.54) is 0 Å². The zero-order valence-corrected chi connectivity index (χ0v) is 9.41. The minimum Gasteiger partial charge on any atom is -0.481 e. The molecule has 0 amide bonds. The predicted octanol–water partition coefficient (Wildman–Crippen LogP) is 2.23. The molecule has 0 aliphatic carbocycles. The van der Waals surface area contributed by atoms with Crippen molar-refractivity contribution in [1.29, 1.82) is 0 Å². The predicted molar refractivity (Wildman–Crippen MR) is 58.1 cm³/mol. The number of hydrogen-bond acceptors (Lipinski definition) is 2. The average molecular weight is 258 g/mol. The van der Waals surface area contributed by atoms with E-state index in [2.05, 4.69) is 15.9 Å². The van der Waals surface area contributed by atoms with Gasteiger partial charge in [0.15, 0.2) is 0 Å². The first-order valence-corrected chi connectivity index (χ1v) is 5.04. The number of carboxylic acid groups (broad SMARTS) is 1. The molecule has 0 aromatic heterocycles. The Labute approximate surface area is 91.1 Å². The first-order valence-electron chi connectivity index (χ1n) is 4.24. The number of aryl methyl sites for hydroxylation is 1. The highest BCUT2D eigenvalue weighted by atomic mass is 79.9. The van der Waals surface area contributed by atoms with Crippen LogP contribution in [0.4, 0.5) is 0 Å². The summed E-state index contributed by atoms with van der Waals surface area (Å²) in [7, 11) is 0. The molecule has 3 N–H and O–H groups in total. The second-order valence-corrected chi connectivity index (χ2v) is 3.98. The van der Waals surface area contributed by atoms with E-state index in [1.807, 2.05) is 25.1 Å². The van der Waals surface area contributed by atoms with Crippen LogP contribution in [0.25, 0.3) is 0 Å². The highest BCUT2D eigenvalue weighted by Crippen LogP contribution is 2.26. The lowest BCUT2D eigenvalue weighted by atomic mass is 10.0. The van der Waals surface area contributed by atoms with Gasteiger partial charge in [-0.1, -0.05) is 34.1 Å². The van der Waals surface area contributed by atoms with Crippen molar-refractivity contribution >= 4 is 21.9 Å². The number of hydrogen-bond donors (Lipinski definition) is 2. The van der Waals surface area contributed by atoms with Gasteiger partial charge in [0.2, 0.25) is 0 Å². The van der Waals surface area contributed by atoms with E-state index in [4.69, 9.17) is 10.8 Å². The molecule has 0 radical (unpaired) electrons. The summed E-state index contributed by atoms with van der Waals surface area (Å²) in [5.74, 6) is -0.883. The van der Waals surface area contributed by atoms with Crippen LogP contribution in [0, 0.1) is 6.92 Å². The second kappa shape index (κ2) is 4.57. The zero-order valence-electron chi connectivity index (χ0n) is 7.83. The van der Waals surface area contributed by atoms with Gasteiger partial charge in [-0.3, -0.25) is 4.79 Å². The Morgan fingerprint density at radius 3 is 2.86 bits per heavy atom. The van der Waals surface area contributed by atoms with E-state index in [1.54, 1.807) is 0 Å². The molecule has 0 saturated carbocycles. The summed E-state index contributed by atoms with van der Waals surface area (Å²) in [6.07, 6.45) is -0.0535. The van der Waals surface area contributed by atoms with Crippen LogP contribution in [0.5, 0.6) is 0 Å². The molecule has 0 spiro atoms. The minimum atomic E-state index is -0.883. The Hall–Kier alpha value is -0.870. The van der Waals surface area contributed by atoms with Gasteiger partial charge in [0.25, 0.3) is 0 Å². The van der Waals surface area contributed by atoms with Crippen molar-refractivity contribution < 1.29 is 9.90 Å². The third-order valence-electron chi connectivity index (χ3n) is 2.02. The maximum Gasteiger partial charge on any atom is 0.305 e. The molecule has 4 heteroatoms. The van der Waals surface area contributed by atoms with Gasteiger partial charge in [-0.25, -0.2) is 0 Å². The molecule has 0 aliphatic rings. The number of carbonyl (C=O) groups is 1. The molecular formula is C10H12BrNO2. The van der Waals surface area contributed by atoms with Gasteiger partial charge in [-0.2, -0.15) is 0 Å². The van der Waals surface area contributed by atoms with Crippen LogP contribution >= 0.6 is 15.9 Å². The number of nitrogens with two attached hydrogens (primary N) is 1. The molecule has 1 aromatic carbocycles. The standard InChI is InChI=1S/C10H12BrNO2/c1-6-3-2-4-7(10(6)11)8(12)5-9(13)14/h2-4,8H,5,12H2,1H3,(H,13,14). The Kier molecular flexibility index (Phi) is 3.66. The van der Waals surface area contributed by atoms with Crippen molar-refractivity contribution in [2.75, 3.05) is 0 Å². The molecule has 0 saturated heterocycles. The second-order valence-electron chi connectivity index (χ2n) is 3.18. The molecule has 1 rings (SSSR count). The maximum atomic E-state index is 10.5. The van der Waals surface area contributed by atoms with Crippen LogP contribution < -0.4 is 5.73 Å². The summed E-state index contributed by atoms with van der Waals surface area (Å²) >= 11 is 3.40. The molecule has 14 heavy (non-hydrogen) atoms. The van der Waals surface area contributed by atoms with Crippen LogP contribution in [-0.4, -0.2) is 11.1 Å². The van der Waals surface area contributed by atoms with Crippen LogP contribution in [-0.2, 0) is 4.79 Å². The van der Waals surface area contributed by atoms with Crippen LogP contribution in [0.1, 0.15) is 23.6 Å². The molecule has 1 atom stereocenters. The summed E-state index contributed by atoms with van der Waals surface area (Å²) < 4.78 is 0.897. The van der Waals surface area contributed by atoms with Crippen LogP contribution in [0.2, 0.25) is 0 Å².